The summed E-state index contributed by atoms with van der Waals surface area (Å²) in [7, 11) is 3.52. The summed E-state index contributed by atoms with van der Waals surface area (Å²) in [6.07, 6.45) is 6.14. The van der Waals surface area contributed by atoms with Crippen LogP contribution in [0.25, 0.3) is 0 Å². The highest BCUT2D eigenvalue weighted by atomic mass is 16.5. The van der Waals surface area contributed by atoms with Gasteiger partial charge in [-0.05, 0) is 12.8 Å². The molecule has 1 saturated heterocycles. The molecule has 7 heteroatoms. The fourth-order valence-electron chi connectivity index (χ4n) is 3.72. The van der Waals surface area contributed by atoms with Crippen LogP contribution in [0.15, 0.2) is 0 Å². The number of nitrogens with two attached hydrogens (primary N) is 1. The maximum absolute atomic E-state index is 12.5. The summed E-state index contributed by atoms with van der Waals surface area (Å²) in [6.45, 7) is 3.63. The second kappa shape index (κ2) is 10.1. The van der Waals surface area contributed by atoms with Crippen LogP contribution in [0.3, 0.4) is 0 Å². The Morgan fingerprint density at radius 3 is 2.36 bits per heavy atom. The van der Waals surface area contributed by atoms with E-state index in [0.29, 0.717) is 38.6 Å². The highest BCUT2D eigenvalue weighted by molar-refractivity contribution is 5.79. The van der Waals surface area contributed by atoms with Gasteiger partial charge in [0.1, 0.15) is 0 Å². The number of carbonyl (C=O) groups excluding carboxylic acids is 2. The minimum atomic E-state index is -0.212. The first-order valence-electron chi connectivity index (χ1n) is 9.53. The van der Waals surface area contributed by atoms with Gasteiger partial charge in [-0.25, -0.2) is 0 Å². The Balaban J connectivity index is 1.72. The lowest BCUT2D eigenvalue weighted by molar-refractivity contribution is -0.137. The van der Waals surface area contributed by atoms with Crippen molar-refractivity contribution in [1.29, 1.82) is 0 Å². The van der Waals surface area contributed by atoms with Gasteiger partial charge in [-0.1, -0.05) is 19.3 Å². The summed E-state index contributed by atoms with van der Waals surface area (Å²) in [5.41, 5.74) is 5.58. The average molecular weight is 354 g/mol. The number of methoxy groups -OCH3 is 1. The van der Waals surface area contributed by atoms with Crippen LogP contribution in [-0.4, -0.2) is 92.1 Å². The summed E-state index contributed by atoms with van der Waals surface area (Å²) in [5.74, 6) is 0.289. The minimum absolute atomic E-state index is 0.0857. The Bertz CT molecular complexity index is 428. The zero-order chi connectivity index (χ0) is 18.2. The number of ether oxygens (including phenoxy) is 1. The zero-order valence-corrected chi connectivity index (χ0v) is 15.8. The zero-order valence-electron chi connectivity index (χ0n) is 15.8. The second-order valence-electron chi connectivity index (χ2n) is 7.25. The summed E-state index contributed by atoms with van der Waals surface area (Å²) in [4.78, 5) is 30.7. The molecule has 2 amide bonds. The lowest BCUT2D eigenvalue weighted by atomic mass is 9.94. The van der Waals surface area contributed by atoms with E-state index in [1.165, 1.54) is 19.3 Å². The quantitative estimate of drug-likeness (QED) is 0.711. The van der Waals surface area contributed by atoms with Crippen LogP contribution in [0.5, 0.6) is 0 Å². The molecular weight excluding hydrogens is 320 g/mol. The van der Waals surface area contributed by atoms with Crippen LogP contribution in [0.1, 0.15) is 38.5 Å². The first-order chi connectivity index (χ1) is 12.0. The Hall–Kier alpha value is -1.18. The number of amides is 2. The molecule has 2 rings (SSSR count). The van der Waals surface area contributed by atoms with E-state index >= 15 is 0 Å². The van der Waals surface area contributed by atoms with Crippen molar-refractivity contribution in [2.24, 2.45) is 5.73 Å². The molecule has 0 aromatic heterocycles. The van der Waals surface area contributed by atoms with Gasteiger partial charge in [0, 0.05) is 52.9 Å². The van der Waals surface area contributed by atoms with Crippen molar-refractivity contribution in [1.82, 2.24) is 14.7 Å². The van der Waals surface area contributed by atoms with Crippen molar-refractivity contribution in [3.05, 3.63) is 0 Å². The van der Waals surface area contributed by atoms with Crippen LogP contribution < -0.4 is 5.73 Å². The van der Waals surface area contributed by atoms with Crippen molar-refractivity contribution in [2.45, 2.75) is 50.7 Å². The van der Waals surface area contributed by atoms with Gasteiger partial charge < -0.3 is 20.3 Å². The smallest absolute Gasteiger partial charge is 0.236 e. The molecule has 1 saturated carbocycles. The lowest BCUT2D eigenvalue weighted by Crippen LogP contribution is -2.52. The standard InChI is InChI=1S/C18H34N4O3/c1-20(15-6-4-3-5-7-15)18(24)14-21-8-10-22(11-9-21)17(23)12-16(13-19)25-2/h15-16H,3-14,19H2,1-2H3. The number of hydrogen-bond donors (Lipinski definition) is 1. The molecule has 0 aromatic carbocycles. The molecule has 1 aliphatic carbocycles. The van der Waals surface area contributed by atoms with Gasteiger partial charge in [0.25, 0.3) is 0 Å². The summed E-state index contributed by atoms with van der Waals surface area (Å²) in [6, 6.07) is 0.409. The van der Waals surface area contributed by atoms with Crippen molar-refractivity contribution >= 4 is 11.8 Å². The third-order valence-corrected chi connectivity index (χ3v) is 5.60. The van der Waals surface area contributed by atoms with Gasteiger partial charge in [0.2, 0.25) is 11.8 Å². The third kappa shape index (κ3) is 5.94. The SMILES string of the molecule is COC(CN)CC(=O)N1CCN(CC(=O)N(C)C2CCCCC2)CC1. The Kier molecular flexibility index (Phi) is 8.12. The van der Waals surface area contributed by atoms with Gasteiger partial charge in [-0.3, -0.25) is 14.5 Å². The van der Waals surface area contributed by atoms with Gasteiger partial charge in [0.05, 0.1) is 19.1 Å². The molecule has 2 aliphatic rings. The van der Waals surface area contributed by atoms with E-state index < -0.39 is 0 Å². The van der Waals surface area contributed by atoms with E-state index in [2.05, 4.69) is 4.90 Å². The fourth-order valence-corrected chi connectivity index (χ4v) is 3.72. The summed E-state index contributed by atoms with van der Waals surface area (Å²) >= 11 is 0. The fraction of sp³-hybridized carbons (Fsp3) is 0.889. The maximum atomic E-state index is 12.5. The number of nitrogens with zero attached hydrogens (tertiary/aromatic N) is 3. The minimum Gasteiger partial charge on any atom is -0.380 e. The highest BCUT2D eigenvalue weighted by Gasteiger charge is 2.27. The molecule has 1 unspecified atom stereocenters. The van der Waals surface area contributed by atoms with Crippen LogP contribution in [-0.2, 0) is 14.3 Å². The molecule has 2 fully saturated rings. The molecule has 1 heterocycles. The molecule has 1 aliphatic heterocycles. The molecular formula is C18H34N4O3. The van der Waals surface area contributed by atoms with E-state index in [9.17, 15) is 9.59 Å². The Morgan fingerprint density at radius 1 is 1.16 bits per heavy atom. The topological polar surface area (TPSA) is 79.1 Å². The maximum Gasteiger partial charge on any atom is 0.236 e. The molecule has 7 nitrogen and oxygen atoms in total. The molecule has 0 spiro atoms. The number of carbonyl (C=O) groups is 2. The van der Waals surface area contributed by atoms with Gasteiger partial charge in [-0.15, -0.1) is 0 Å². The van der Waals surface area contributed by atoms with Crippen molar-refractivity contribution in [3.63, 3.8) is 0 Å². The number of rotatable bonds is 7. The van der Waals surface area contributed by atoms with E-state index in [-0.39, 0.29) is 17.9 Å². The van der Waals surface area contributed by atoms with E-state index in [1.807, 2.05) is 16.8 Å². The number of likely N-dealkylation sites (N-methyl/N-ethyl adjacent to an activating group) is 1. The lowest BCUT2D eigenvalue weighted by Gasteiger charge is -2.37. The average Bonchev–Trinajstić information content (AvgIpc) is 2.66. The van der Waals surface area contributed by atoms with Gasteiger partial charge in [-0.2, -0.15) is 0 Å². The number of piperazine rings is 1. The Labute approximate surface area is 151 Å². The molecule has 0 radical (unpaired) electrons. The largest absolute Gasteiger partial charge is 0.380 e. The van der Waals surface area contributed by atoms with Crippen molar-refractivity contribution in [2.75, 3.05) is 53.4 Å². The van der Waals surface area contributed by atoms with Gasteiger partial charge >= 0.3 is 0 Å². The van der Waals surface area contributed by atoms with Crippen LogP contribution in [0.4, 0.5) is 0 Å². The summed E-state index contributed by atoms with van der Waals surface area (Å²) < 4.78 is 5.19. The molecule has 0 aromatic rings. The van der Waals surface area contributed by atoms with E-state index in [1.54, 1.807) is 7.11 Å². The second-order valence-corrected chi connectivity index (χ2v) is 7.25. The molecule has 0 bridgehead atoms. The number of hydrogen-bond acceptors (Lipinski definition) is 5. The molecule has 1 atom stereocenters. The first-order valence-corrected chi connectivity index (χ1v) is 9.53. The monoisotopic (exact) mass is 354 g/mol. The normalized spacial score (nSPS) is 21.2. The van der Waals surface area contributed by atoms with Crippen molar-refractivity contribution < 1.29 is 14.3 Å². The van der Waals surface area contributed by atoms with Gasteiger partial charge in [0.15, 0.2) is 0 Å². The predicted molar refractivity (Wildman–Crippen MR) is 97.1 cm³/mol. The summed E-state index contributed by atoms with van der Waals surface area (Å²) in [5, 5.41) is 0. The van der Waals surface area contributed by atoms with Crippen LogP contribution in [0.2, 0.25) is 0 Å². The van der Waals surface area contributed by atoms with Crippen LogP contribution >= 0.6 is 0 Å². The molecule has 2 N–H and O–H groups in total. The van der Waals surface area contributed by atoms with Crippen LogP contribution in [0, 0.1) is 0 Å². The first kappa shape index (κ1) is 20.1. The van der Waals surface area contributed by atoms with E-state index in [0.717, 1.165) is 25.9 Å². The molecule has 25 heavy (non-hydrogen) atoms. The Morgan fingerprint density at radius 2 is 1.80 bits per heavy atom. The highest BCUT2D eigenvalue weighted by Crippen LogP contribution is 2.21. The predicted octanol–water partition coefficient (Wildman–Crippen LogP) is 0.286. The molecule has 144 valence electrons. The van der Waals surface area contributed by atoms with Crippen molar-refractivity contribution in [3.8, 4) is 0 Å². The van der Waals surface area contributed by atoms with E-state index in [4.69, 9.17) is 10.5 Å². The third-order valence-electron chi connectivity index (χ3n) is 5.60.